The Balaban J connectivity index is 1.59. The highest BCUT2D eigenvalue weighted by Gasteiger charge is 2.50. The molecule has 1 aliphatic heterocycles. The molecule has 4 nitrogen and oxygen atoms in total. The SMILES string of the molecule is CN1CC2CCC[C@H](C1)C2OC(=O)C(O)(c1ccccc1)C1CCCC1. The molecule has 2 saturated carbocycles. The van der Waals surface area contributed by atoms with Crippen molar-refractivity contribution in [3.63, 3.8) is 0 Å². The maximum absolute atomic E-state index is 13.3. The van der Waals surface area contributed by atoms with Gasteiger partial charge in [0.15, 0.2) is 5.60 Å². The molecule has 2 aliphatic carbocycles. The summed E-state index contributed by atoms with van der Waals surface area (Å²) < 4.78 is 6.12. The minimum absolute atomic E-state index is 0.0379. The smallest absolute Gasteiger partial charge is 0.343 e. The fraction of sp³-hybridized carbons (Fsp3) is 0.682. The van der Waals surface area contributed by atoms with Crippen molar-refractivity contribution in [3.05, 3.63) is 35.9 Å². The molecule has 142 valence electrons. The molecular weight excluding hydrogens is 326 g/mol. The summed E-state index contributed by atoms with van der Waals surface area (Å²) in [5.74, 6) is 0.352. The maximum Gasteiger partial charge on any atom is 0.343 e. The van der Waals surface area contributed by atoms with Crippen LogP contribution in [0.5, 0.6) is 0 Å². The first-order chi connectivity index (χ1) is 12.6. The second kappa shape index (κ2) is 7.32. The first-order valence-electron chi connectivity index (χ1n) is 10.3. The van der Waals surface area contributed by atoms with E-state index in [9.17, 15) is 9.90 Å². The number of hydrogen-bond donors (Lipinski definition) is 1. The molecule has 4 atom stereocenters. The summed E-state index contributed by atoms with van der Waals surface area (Å²) in [6, 6.07) is 9.45. The van der Waals surface area contributed by atoms with Crippen molar-refractivity contribution in [1.82, 2.24) is 4.90 Å². The van der Waals surface area contributed by atoms with Crippen LogP contribution in [0.4, 0.5) is 0 Å². The molecular formula is C22H31NO3. The largest absolute Gasteiger partial charge is 0.459 e. The third kappa shape index (κ3) is 3.18. The lowest BCUT2D eigenvalue weighted by molar-refractivity contribution is -0.191. The molecule has 1 aromatic carbocycles. The van der Waals surface area contributed by atoms with Gasteiger partial charge in [0.2, 0.25) is 0 Å². The molecule has 1 saturated heterocycles. The van der Waals surface area contributed by atoms with Crippen molar-refractivity contribution in [2.45, 2.75) is 56.7 Å². The Morgan fingerprint density at radius 2 is 1.65 bits per heavy atom. The van der Waals surface area contributed by atoms with Gasteiger partial charge in [0.25, 0.3) is 0 Å². The fourth-order valence-electron chi connectivity index (χ4n) is 5.58. The quantitative estimate of drug-likeness (QED) is 0.840. The highest BCUT2D eigenvalue weighted by molar-refractivity contribution is 5.82. The van der Waals surface area contributed by atoms with E-state index in [1.165, 1.54) is 6.42 Å². The number of carbonyl (C=O) groups is 1. The number of rotatable bonds is 4. The first-order valence-corrected chi connectivity index (χ1v) is 10.3. The van der Waals surface area contributed by atoms with Crippen molar-refractivity contribution in [1.29, 1.82) is 0 Å². The van der Waals surface area contributed by atoms with E-state index in [1.54, 1.807) is 0 Å². The lowest BCUT2D eigenvalue weighted by Gasteiger charge is -2.46. The van der Waals surface area contributed by atoms with Gasteiger partial charge in [-0.1, -0.05) is 49.6 Å². The van der Waals surface area contributed by atoms with Gasteiger partial charge in [-0.15, -0.1) is 0 Å². The standard InChI is InChI=1S/C22H31NO3/c1-23-14-16-8-7-9-17(15-23)20(16)26-21(24)22(25,19-12-5-6-13-19)18-10-3-2-4-11-18/h2-4,10-11,16-17,19-20,25H,5-9,12-15H2,1H3/t16-,17?,20?,22?/m1/s1. The average molecular weight is 357 g/mol. The minimum atomic E-state index is -1.50. The zero-order chi connectivity index (χ0) is 18.1. The number of carbonyl (C=O) groups excluding carboxylic acids is 1. The van der Waals surface area contributed by atoms with Gasteiger partial charge < -0.3 is 14.7 Å². The molecule has 3 unspecified atom stereocenters. The van der Waals surface area contributed by atoms with Crippen LogP contribution in [0, 0.1) is 17.8 Å². The Labute approximate surface area is 156 Å². The summed E-state index contributed by atoms with van der Waals surface area (Å²) in [6.45, 7) is 1.98. The van der Waals surface area contributed by atoms with E-state index in [1.807, 2.05) is 30.3 Å². The number of nitrogens with zero attached hydrogens (tertiary/aromatic N) is 1. The van der Waals surface area contributed by atoms with Crippen LogP contribution in [0.3, 0.4) is 0 Å². The molecule has 4 rings (SSSR count). The van der Waals surface area contributed by atoms with Crippen LogP contribution >= 0.6 is 0 Å². The second-order valence-electron chi connectivity index (χ2n) is 8.66. The lowest BCUT2D eigenvalue weighted by Crippen LogP contribution is -2.54. The van der Waals surface area contributed by atoms with Gasteiger partial charge in [-0.2, -0.15) is 0 Å². The van der Waals surface area contributed by atoms with Crippen LogP contribution in [-0.4, -0.2) is 42.2 Å². The number of benzene rings is 1. The van der Waals surface area contributed by atoms with Crippen molar-refractivity contribution in [2.24, 2.45) is 17.8 Å². The van der Waals surface area contributed by atoms with Crippen LogP contribution in [0.25, 0.3) is 0 Å². The predicted octanol–water partition coefficient (Wildman–Crippen LogP) is 3.34. The van der Waals surface area contributed by atoms with Gasteiger partial charge in [-0.25, -0.2) is 4.79 Å². The second-order valence-corrected chi connectivity index (χ2v) is 8.66. The topological polar surface area (TPSA) is 49.8 Å². The monoisotopic (exact) mass is 357 g/mol. The molecule has 0 amide bonds. The van der Waals surface area contributed by atoms with Gasteiger partial charge in [0.1, 0.15) is 6.10 Å². The molecule has 0 aromatic heterocycles. The third-order valence-electron chi connectivity index (χ3n) is 6.89. The number of likely N-dealkylation sites (tertiary alicyclic amines) is 1. The van der Waals surface area contributed by atoms with Gasteiger partial charge in [0, 0.05) is 30.8 Å². The minimum Gasteiger partial charge on any atom is -0.459 e. The van der Waals surface area contributed by atoms with Crippen LogP contribution in [-0.2, 0) is 15.1 Å². The molecule has 4 heteroatoms. The molecule has 1 heterocycles. The number of ether oxygens (including phenoxy) is 1. The number of aliphatic hydroxyl groups is 1. The van der Waals surface area contributed by atoms with E-state index >= 15 is 0 Å². The molecule has 0 spiro atoms. The van der Waals surface area contributed by atoms with Crippen LogP contribution in [0.2, 0.25) is 0 Å². The van der Waals surface area contributed by atoms with Crippen LogP contribution in [0.1, 0.15) is 50.5 Å². The van der Waals surface area contributed by atoms with Crippen molar-refractivity contribution in [3.8, 4) is 0 Å². The van der Waals surface area contributed by atoms with Crippen molar-refractivity contribution >= 4 is 5.97 Å². The van der Waals surface area contributed by atoms with Gasteiger partial charge in [-0.05, 0) is 38.3 Å². The Hall–Kier alpha value is -1.39. The molecule has 2 bridgehead atoms. The van der Waals surface area contributed by atoms with Gasteiger partial charge in [0.05, 0.1) is 0 Å². The van der Waals surface area contributed by atoms with Gasteiger partial charge >= 0.3 is 5.97 Å². The molecule has 1 aromatic rings. The summed E-state index contributed by atoms with van der Waals surface area (Å²) in [5.41, 5.74) is -0.815. The van der Waals surface area contributed by atoms with E-state index in [0.29, 0.717) is 17.4 Å². The van der Waals surface area contributed by atoms with E-state index in [4.69, 9.17) is 4.74 Å². The van der Waals surface area contributed by atoms with E-state index < -0.39 is 11.6 Å². The molecule has 26 heavy (non-hydrogen) atoms. The molecule has 3 fully saturated rings. The highest BCUT2D eigenvalue weighted by Crippen LogP contribution is 2.43. The van der Waals surface area contributed by atoms with Crippen LogP contribution in [0.15, 0.2) is 30.3 Å². The van der Waals surface area contributed by atoms with Crippen molar-refractivity contribution < 1.29 is 14.6 Å². The summed E-state index contributed by atoms with van der Waals surface area (Å²) in [6.07, 6.45) is 7.35. The van der Waals surface area contributed by atoms with E-state index in [2.05, 4.69) is 11.9 Å². The van der Waals surface area contributed by atoms with E-state index in [0.717, 1.165) is 51.6 Å². The zero-order valence-electron chi connectivity index (χ0n) is 15.8. The summed E-state index contributed by atoms with van der Waals surface area (Å²) in [5, 5.41) is 11.6. The number of fused-ring (bicyclic) bond motifs is 2. The Bertz CT molecular complexity index is 614. The first kappa shape index (κ1) is 18.0. The molecule has 0 radical (unpaired) electrons. The van der Waals surface area contributed by atoms with Gasteiger partial charge in [-0.3, -0.25) is 0 Å². The normalized spacial score (nSPS) is 32.2. The summed E-state index contributed by atoms with van der Waals surface area (Å²) in [7, 11) is 2.15. The third-order valence-corrected chi connectivity index (χ3v) is 6.89. The van der Waals surface area contributed by atoms with Crippen molar-refractivity contribution in [2.75, 3.05) is 20.1 Å². The maximum atomic E-state index is 13.3. The summed E-state index contributed by atoms with van der Waals surface area (Å²) >= 11 is 0. The van der Waals surface area contributed by atoms with E-state index in [-0.39, 0.29) is 12.0 Å². The number of hydrogen-bond acceptors (Lipinski definition) is 4. The predicted molar refractivity (Wildman–Crippen MR) is 101 cm³/mol. The molecule has 3 aliphatic rings. The fourth-order valence-corrected chi connectivity index (χ4v) is 5.58. The lowest BCUT2D eigenvalue weighted by atomic mass is 9.75. The zero-order valence-corrected chi connectivity index (χ0v) is 15.8. The summed E-state index contributed by atoms with van der Waals surface area (Å²) in [4.78, 5) is 15.7. The number of esters is 1. The highest BCUT2D eigenvalue weighted by atomic mass is 16.6. The average Bonchev–Trinajstić information content (AvgIpc) is 3.17. The Kier molecular flexibility index (Phi) is 5.07. The number of piperidine rings is 1. The van der Waals surface area contributed by atoms with Crippen LogP contribution < -0.4 is 0 Å². The Morgan fingerprint density at radius 1 is 1.04 bits per heavy atom. The Morgan fingerprint density at radius 3 is 2.27 bits per heavy atom. The molecule has 1 N–H and O–H groups in total.